The number of likely N-dealkylation sites (tertiary alicyclic amines) is 1. The third-order valence-corrected chi connectivity index (χ3v) is 5.39. The van der Waals surface area contributed by atoms with Crippen molar-refractivity contribution < 1.29 is 24.2 Å². The van der Waals surface area contributed by atoms with Crippen molar-refractivity contribution in [3.8, 4) is 11.5 Å². The molecule has 1 N–H and O–H groups in total. The van der Waals surface area contributed by atoms with E-state index < -0.39 is 17.7 Å². The largest absolute Gasteiger partial charge is 0.507 e. The Hall–Kier alpha value is -3.32. The van der Waals surface area contributed by atoms with Gasteiger partial charge in [-0.05, 0) is 75.9 Å². The van der Waals surface area contributed by atoms with Crippen LogP contribution in [0, 0.1) is 0 Å². The maximum atomic E-state index is 13.1. The molecule has 32 heavy (non-hydrogen) atoms. The van der Waals surface area contributed by atoms with Gasteiger partial charge in [-0.25, -0.2) is 0 Å². The summed E-state index contributed by atoms with van der Waals surface area (Å²) in [5, 5.41) is 11.1. The summed E-state index contributed by atoms with van der Waals surface area (Å²) in [7, 11) is 5.48. The van der Waals surface area contributed by atoms with E-state index in [0.717, 1.165) is 6.54 Å². The molecule has 1 fully saturated rings. The highest BCUT2D eigenvalue weighted by atomic mass is 16.5. The van der Waals surface area contributed by atoms with E-state index >= 15 is 0 Å². The summed E-state index contributed by atoms with van der Waals surface area (Å²) in [6, 6.07) is 13.4. The molecule has 0 aromatic heterocycles. The molecule has 1 aliphatic rings. The molecule has 0 unspecified atom stereocenters. The Morgan fingerprint density at radius 3 is 2.44 bits per heavy atom. The second kappa shape index (κ2) is 10.3. The van der Waals surface area contributed by atoms with Gasteiger partial charge < -0.3 is 24.4 Å². The Morgan fingerprint density at radius 1 is 1.09 bits per heavy atom. The number of nitrogens with zero attached hydrogens (tertiary/aromatic N) is 2. The molecule has 0 bridgehead atoms. The van der Waals surface area contributed by atoms with Gasteiger partial charge in [-0.15, -0.1) is 0 Å². The van der Waals surface area contributed by atoms with Gasteiger partial charge in [0.05, 0.1) is 25.3 Å². The molecule has 1 aliphatic heterocycles. The predicted octanol–water partition coefficient (Wildman–Crippen LogP) is 3.47. The van der Waals surface area contributed by atoms with Crippen LogP contribution in [-0.2, 0) is 9.59 Å². The molecule has 2 aromatic carbocycles. The van der Waals surface area contributed by atoms with Gasteiger partial charge in [0.2, 0.25) is 0 Å². The minimum atomic E-state index is -0.696. The molecular formula is C25H30N2O5. The summed E-state index contributed by atoms with van der Waals surface area (Å²) in [5.41, 5.74) is 1.24. The lowest BCUT2D eigenvalue weighted by Gasteiger charge is -2.26. The van der Waals surface area contributed by atoms with Crippen molar-refractivity contribution in [1.82, 2.24) is 9.80 Å². The van der Waals surface area contributed by atoms with Crippen molar-refractivity contribution >= 4 is 17.4 Å². The first kappa shape index (κ1) is 23.3. The van der Waals surface area contributed by atoms with Crippen LogP contribution in [0.3, 0.4) is 0 Å². The van der Waals surface area contributed by atoms with Gasteiger partial charge in [0.25, 0.3) is 11.7 Å². The molecule has 2 aromatic rings. The molecular weight excluding hydrogens is 408 g/mol. The quantitative estimate of drug-likeness (QED) is 0.367. The molecule has 7 heteroatoms. The number of carbonyl (C=O) groups is 2. The Morgan fingerprint density at radius 2 is 1.81 bits per heavy atom. The molecule has 7 nitrogen and oxygen atoms in total. The van der Waals surface area contributed by atoms with Crippen molar-refractivity contribution in [2.24, 2.45) is 0 Å². The van der Waals surface area contributed by atoms with Crippen LogP contribution in [0.1, 0.15) is 30.5 Å². The zero-order valence-electron chi connectivity index (χ0n) is 19.0. The smallest absolute Gasteiger partial charge is 0.295 e. The third-order valence-electron chi connectivity index (χ3n) is 5.39. The van der Waals surface area contributed by atoms with Crippen molar-refractivity contribution in [3.05, 3.63) is 65.2 Å². The Labute approximate surface area is 188 Å². The fraction of sp³-hybridized carbons (Fsp3) is 0.360. The first-order valence-electron chi connectivity index (χ1n) is 10.7. The number of methoxy groups -OCH3 is 1. The molecule has 3 rings (SSSR count). The maximum absolute atomic E-state index is 13.1. The second-order valence-corrected chi connectivity index (χ2v) is 7.88. The van der Waals surface area contributed by atoms with Crippen LogP contribution in [0.5, 0.6) is 11.5 Å². The normalized spacial score (nSPS) is 17.8. The standard InChI is InChI=1S/C25H30N2O5/c1-5-32-19-12-10-17(11-13-19)23(28)21-22(18-8-6-9-20(16-18)31-4)27(25(30)24(21)29)15-7-14-26(2)3/h6,8-13,16,22,28H,5,7,14-15H2,1-4H3/b23-21+/t22-/m0/s1. The highest BCUT2D eigenvalue weighted by Crippen LogP contribution is 2.40. The number of rotatable bonds is 9. The number of hydrogen-bond donors (Lipinski definition) is 1. The summed E-state index contributed by atoms with van der Waals surface area (Å²) >= 11 is 0. The molecule has 0 aliphatic carbocycles. The third kappa shape index (κ3) is 4.94. The number of aliphatic hydroxyl groups excluding tert-OH is 1. The Kier molecular flexibility index (Phi) is 7.53. The van der Waals surface area contributed by atoms with E-state index in [2.05, 4.69) is 0 Å². The van der Waals surface area contributed by atoms with Gasteiger partial charge in [-0.1, -0.05) is 12.1 Å². The molecule has 1 amide bonds. The van der Waals surface area contributed by atoms with E-state index in [0.29, 0.717) is 42.2 Å². The molecule has 0 spiro atoms. The van der Waals surface area contributed by atoms with Gasteiger partial charge >= 0.3 is 0 Å². The van der Waals surface area contributed by atoms with Crippen molar-refractivity contribution in [2.45, 2.75) is 19.4 Å². The summed E-state index contributed by atoms with van der Waals surface area (Å²) in [5.74, 6) is -0.215. The van der Waals surface area contributed by atoms with Crippen LogP contribution in [0.2, 0.25) is 0 Å². The zero-order chi connectivity index (χ0) is 23.3. The van der Waals surface area contributed by atoms with E-state index in [-0.39, 0.29) is 11.3 Å². The minimum Gasteiger partial charge on any atom is -0.507 e. The van der Waals surface area contributed by atoms with Crippen LogP contribution in [-0.4, -0.2) is 67.5 Å². The lowest BCUT2D eigenvalue weighted by atomic mass is 9.95. The molecule has 0 saturated carbocycles. The number of Topliss-reactive ketones (excluding diaryl/α,β-unsaturated/α-hetero) is 1. The minimum absolute atomic E-state index is 0.0808. The van der Waals surface area contributed by atoms with Crippen LogP contribution in [0.4, 0.5) is 0 Å². The predicted molar refractivity (Wildman–Crippen MR) is 123 cm³/mol. The summed E-state index contributed by atoms with van der Waals surface area (Å²) in [6.45, 7) is 3.58. The highest BCUT2D eigenvalue weighted by Gasteiger charge is 2.45. The van der Waals surface area contributed by atoms with E-state index in [1.54, 1.807) is 48.4 Å². The van der Waals surface area contributed by atoms with E-state index in [1.165, 1.54) is 0 Å². The monoisotopic (exact) mass is 438 g/mol. The van der Waals surface area contributed by atoms with Crippen molar-refractivity contribution in [3.63, 3.8) is 0 Å². The number of ether oxygens (including phenoxy) is 2. The fourth-order valence-corrected chi connectivity index (χ4v) is 3.86. The van der Waals surface area contributed by atoms with Gasteiger partial charge in [0, 0.05) is 12.1 Å². The second-order valence-electron chi connectivity index (χ2n) is 7.88. The Bertz CT molecular complexity index is 998. The summed E-state index contributed by atoms with van der Waals surface area (Å²) < 4.78 is 10.8. The zero-order valence-corrected chi connectivity index (χ0v) is 19.0. The van der Waals surface area contributed by atoms with E-state index in [4.69, 9.17) is 9.47 Å². The van der Waals surface area contributed by atoms with E-state index in [9.17, 15) is 14.7 Å². The number of benzene rings is 2. The molecule has 1 atom stereocenters. The lowest BCUT2D eigenvalue weighted by molar-refractivity contribution is -0.139. The maximum Gasteiger partial charge on any atom is 0.295 e. The highest BCUT2D eigenvalue weighted by molar-refractivity contribution is 6.46. The number of aliphatic hydroxyl groups is 1. The van der Waals surface area contributed by atoms with Crippen molar-refractivity contribution in [2.75, 3.05) is 40.9 Å². The fourth-order valence-electron chi connectivity index (χ4n) is 3.86. The first-order valence-corrected chi connectivity index (χ1v) is 10.7. The van der Waals surface area contributed by atoms with Crippen LogP contribution in [0.15, 0.2) is 54.1 Å². The number of amides is 1. The summed E-state index contributed by atoms with van der Waals surface area (Å²) in [6.07, 6.45) is 0.698. The topological polar surface area (TPSA) is 79.3 Å². The first-order chi connectivity index (χ1) is 15.4. The van der Waals surface area contributed by atoms with E-state index in [1.807, 2.05) is 38.1 Å². The van der Waals surface area contributed by atoms with Crippen LogP contribution < -0.4 is 9.47 Å². The van der Waals surface area contributed by atoms with Crippen molar-refractivity contribution in [1.29, 1.82) is 0 Å². The van der Waals surface area contributed by atoms with Crippen LogP contribution in [0.25, 0.3) is 5.76 Å². The van der Waals surface area contributed by atoms with Gasteiger partial charge in [0.15, 0.2) is 0 Å². The molecule has 1 heterocycles. The SMILES string of the molecule is CCOc1ccc(/C(O)=C2\C(=O)C(=O)N(CCCN(C)C)[C@H]2c2cccc(OC)c2)cc1. The molecule has 170 valence electrons. The molecule has 0 radical (unpaired) electrons. The number of hydrogen-bond acceptors (Lipinski definition) is 6. The van der Waals surface area contributed by atoms with Crippen LogP contribution >= 0.6 is 0 Å². The Balaban J connectivity index is 2.07. The van der Waals surface area contributed by atoms with Gasteiger partial charge in [-0.3, -0.25) is 9.59 Å². The average molecular weight is 439 g/mol. The lowest BCUT2D eigenvalue weighted by Crippen LogP contribution is -2.32. The summed E-state index contributed by atoms with van der Waals surface area (Å²) in [4.78, 5) is 29.6. The molecule has 1 saturated heterocycles. The average Bonchev–Trinajstić information content (AvgIpc) is 3.04. The number of carbonyl (C=O) groups excluding carboxylic acids is 2. The van der Waals surface area contributed by atoms with Gasteiger partial charge in [0.1, 0.15) is 17.3 Å². The number of ketones is 1. The van der Waals surface area contributed by atoms with Gasteiger partial charge in [-0.2, -0.15) is 0 Å².